The summed E-state index contributed by atoms with van der Waals surface area (Å²) >= 11 is 0. The molecule has 1 rings (SSSR count). The van der Waals surface area contributed by atoms with E-state index in [2.05, 4.69) is 0 Å². The topological polar surface area (TPSA) is 76.1 Å². The number of hydrogen-bond acceptors (Lipinski definition) is 6. The third-order valence-electron chi connectivity index (χ3n) is 4.32. The molecule has 1 aliphatic heterocycles. The molecule has 1 aliphatic rings. The highest BCUT2D eigenvalue weighted by Crippen LogP contribution is 2.34. The Balaban J connectivity index is 3.23. The van der Waals surface area contributed by atoms with Crippen LogP contribution in [0, 0.1) is 5.92 Å². The van der Waals surface area contributed by atoms with E-state index in [1.54, 1.807) is 4.90 Å². The number of esters is 2. The van der Waals surface area contributed by atoms with Crippen molar-refractivity contribution in [1.82, 2.24) is 4.90 Å². The molecule has 1 fully saturated rings. The van der Waals surface area contributed by atoms with E-state index in [-0.39, 0.29) is 24.4 Å². The number of rotatable bonds is 6. The van der Waals surface area contributed by atoms with Gasteiger partial charge in [-0.05, 0) is 61.3 Å². The number of aliphatic hydroxyl groups excluding tert-OH is 1. The molecule has 156 valence electrons. The predicted octanol–water partition coefficient (Wildman–Crippen LogP) is 3.08. The first-order valence-electron chi connectivity index (χ1n) is 9.81. The van der Waals surface area contributed by atoms with Crippen LogP contribution < -0.4 is 0 Å². The molecule has 0 saturated carbocycles. The summed E-state index contributed by atoms with van der Waals surface area (Å²) in [6, 6.07) is -1.22. The first-order valence-corrected chi connectivity index (χ1v) is 9.81. The van der Waals surface area contributed by atoms with Crippen LogP contribution in [0.15, 0.2) is 12.2 Å². The molecule has 0 spiro atoms. The van der Waals surface area contributed by atoms with Gasteiger partial charge in [0.25, 0.3) is 0 Å². The summed E-state index contributed by atoms with van der Waals surface area (Å²) in [5.41, 5.74) is -1.25. The second-order valence-electron chi connectivity index (χ2n) is 9.21. The lowest BCUT2D eigenvalue weighted by molar-refractivity contribution is -0.166. The Labute approximate surface area is 163 Å². The van der Waals surface area contributed by atoms with E-state index in [1.807, 2.05) is 67.5 Å². The Hall–Kier alpha value is -1.40. The molecule has 0 amide bonds. The van der Waals surface area contributed by atoms with Crippen LogP contribution >= 0.6 is 0 Å². The highest BCUT2D eigenvalue weighted by Gasteiger charge is 2.49. The quantitative estimate of drug-likeness (QED) is 0.561. The minimum atomic E-state index is -0.635. The molecule has 1 heterocycles. The van der Waals surface area contributed by atoms with E-state index in [4.69, 9.17) is 9.47 Å². The lowest BCUT2D eigenvalue weighted by Gasteiger charge is -2.33. The van der Waals surface area contributed by atoms with Gasteiger partial charge in [-0.2, -0.15) is 0 Å². The maximum Gasteiger partial charge on any atom is 0.324 e. The van der Waals surface area contributed by atoms with Gasteiger partial charge in [-0.3, -0.25) is 14.5 Å². The number of nitrogens with zero attached hydrogens (tertiary/aromatic N) is 1. The number of likely N-dealkylation sites (tertiary alicyclic amines) is 1. The van der Waals surface area contributed by atoms with Crippen molar-refractivity contribution in [3.63, 3.8) is 0 Å². The zero-order valence-electron chi connectivity index (χ0n) is 18.1. The maximum absolute atomic E-state index is 12.9. The molecule has 0 bridgehead atoms. The molecule has 6 nitrogen and oxygen atoms in total. The minimum absolute atomic E-state index is 0.175. The molecule has 0 aliphatic carbocycles. The third kappa shape index (κ3) is 7.26. The van der Waals surface area contributed by atoms with Gasteiger partial charge in [-0.15, -0.1) is 0 Å². The highest BCUT2D eigenvalue weighted by molar-refractivity contribution is 5.82. The second kappa shape index (κ2) is 9.20. The number of β-amino-alcohol motifs (C(OH)–C–C–N with tert-alkyl or cyclic N) is 1. The lowest BCUT2D eigenvalue weighted by Crippen LogP contribution is -2.51. The molecule has 4 atom stereocenters. The van der Waals surface area contributed by atoms with E-state index < -0.39 is 29.4 Å². The average Bonchev–Trinajstić information content (AvgIpc) is 2.82. The SMILES string of the molecule is CC=C[C@@H]1C[C@H](C(=O)OC(C)(C)C)N(CC(O)CC)[C@H]1C(=O)OC(C)(C)C. The number of ether oxygens (including phenoxy) is 2. The van der Waals surface area contributed by atoms with Gasteiger partial charge in [-0.25, -0.2) is 0 Å². The van der Waals surface area contributed by atoms with Gasteiger partial charge < -0.3 is 14.6 Å². The molecule has 0 aromatic carbocycles. The Morgan fingerprint density at radius 1 is 1.11 bits per heavy atom. The third-order valence-corrected chi connectivity index (χ3v) is 4.32. The fraction of sp³-hybridized carbons (Fsp3) is 0.810. The summed E-state index contributed by atoms with van der Waals surface area (Å²) < 4.78 is 11.2. The fourth-order valence-corrected chi connectivity index (χ4v) is 3.28. The normalized spacial score (nSPS) is 25.6. The van der Waals surface area contributed by atoms with Crippen molar-refractivity contribution >= 4 is 11.9 Å². The zero-order chi connectivity index (χ0) is 21.0. The molecule has 6 heteroatoms. The second-order valence-corrected chi connectivity index (χ2v) is 9.21. The molecule has 1 unspecified atom stereocenters. The van der Waals surface area contributed by atoms with Crippen molar-refractivity contribution in [3.8, 4) is 0 Å². The van der Waals surface area contributed by atoms with E-state index in [0.717, 1.165) is 0 Å². The van der Waals surface area contributed by atoms with Gasteiger partial charge in [0.05, 0.1) is 6.10 Å². The van der Waals surface area contributed by atoms with Crippen molar-refractivity contribution in [2.24, 2.45) is 5.92 Å². The monoisotopic (exact) mass is 383 g/mol. The molecule has 0 aromatic rings. The standard InChI is InChI=1S/C21H37NO5/c1-9-11-14-12-16(18(24)26-20(3,4)5)22(13-15(23)10-2)17(14)19(25)27-21(6,7)8/h9,11,14-17,23H,10,12-13H2,1-8H3/t14-,15?,16-,17-/m1/s1. The van der Waals surface area contributed by atoms with Crippen LogP contribution in [0.1, 0.15) is 68.2 Å². The Bertz CT molecular complexity index is 544. The molecule has 1 saturated heterocycles. The Kier molecular flexibility index (Phi) is 8.05. The number of hydrogen-bond donors (Lipinski definition) is 1. The van der Waals surface area contributed by atoms with Crippen molar-refractivity contribution in [1.29, 1.82) is 0 Å². The van der Waals surface area contributed by atoms with E-state index in [9.17, 15) is 14.7 Å². The van der Waals surface area contributed by atoms with Crippen molar-refractivity contribution in [2.75, 3.05) is 6.54 Å². The summed E-state index contributed by atoms with van der Waals surface area (Å²) in [5.74, 6) is -0.919. The highest BCUT2D eigenvalue weighted by atomic mass is 16.6. The number of carbonyl (C=O) groups is 2. The average molecular weight is 384 g/mol. The van der Waals surface area contributed by atoms with Crippen LogP contribution in [0.4, 0.5) is 0 Å². The molecule has 1 N–H and O–H groups in total. The number of allylic oxidation sites excluding steroid dienone is 1. The van der Waals surface area contributed by atoms with Crippen molar-refractivity contribution in [2.45, 2.75) is 97.6 Å². The first-order chi connectivity index (χ1) is 12.3. The van der Waals surface area contributed by atoms with Gasteiger partial charge in [0.1, 0.15) is 23.3 Å². The smallest absolute Gasteiger partial charge is 0.324 e. The van der Waals surface area contributed by atoms with Gasteiger partial charge in [0.15, 0.2) is 0 Å². The number of aliphatic hydroxyl groups is 1. The van der Waals surface area contributed by atoms with E-state index in [0.29, 0.717) is 12.8 Å². The summed E-state index contributed by atoms with van der Waals surface area (Å²) in [7, 11) is 0. The van der Waals surface area contributed by atoms with Crippen LogP contribution in [0.25, 0.3) is 0 Å². The van der Waals surface area contributed by atoms with Gasteiger partial charge in [0.2, 0.25) is 0 Å². The molecule has 27 heavy (non-hydrogen) atoms. The lowest BCUT2D eigenvalue weighted by atomic mass is 9.98. The Morgan fingerprint density at radius 3 is 2.07 bits per heavy atom. The van der Waals surface area contributed by atoms with Crippen molar-refractivity contribution in [3.05, 3.63) is 12.2 Å². The minimum Gasteiger partial charge on any atom is -0.459 e. The molecule has 0 aromatic heterocycles. The molecular weight excluding hydrogens is 346 g/mol. The van der Waals surface area contributed by atoms with Crippen LogP contribution in [0.2, 0.25) is 0 Å². The summed E-state index contributed by atoms with van der Waals surface area (Å²) in [5, 5.41) is 10.2. The van der Waals surface area contributed by atoms with Crippen LogP contribution in [-0.2, 0) is 19.1 Å². The van der Waals surface area contributed by atoms with E-state index >= 15 is 0 Å². The molecule has 0 radical (unpaired) electrons. The summed E-state index contributed by atoms with van der Waals surface area (Å²) in [6.07, 6.45) is 4.18. The maximum atomic E-state index is 12.9. The van der Waals surface area contributed by atoms with E-state index in [1.165, 1.54) is 0 Å². The largest absolute Gasteiger partial charge is 0.459 e. The number of carbonyl (C=O) groups excluding carboxylic acids is 2. The molecular formula is C21H37NO5. The Morgan fingerprint density at radius 2 is 1.63 bits per heavy atom. The van der Waals surface area contributed by atoms with Crippen molar-refractivity contribution < 1.29 is 24.2 Å². The first kappa shape index (κ1) is 23.6. The fourth-order valence-electron chi connectivity index (χ4n) is 3.28. The van der Waals surface area contributed by atoms with Crippen LogP contribution in [-0.4, -0.2) is 57.9 Å². The summed E-state index contributed by atoms with van der Waals surface area (Å²) in [6.45, 7) is 14.9. The van der Waals surface area contributed by atoms with Crippen LogP contribution in [0.3, 0.4) is 0 Å². The van der Waals surface area contributed by atoms with Gasteiger partial charge in [-0.1, -0.05) is 19.1 Å². The summed E-state index contributed by atoms with van der Waals surface area (Å²) in [4.78, 5) is 27.5. The van der Waals surface area contributed by atoms with Gasteiger partial charge >= 0.3 is 11.9 Å². The predicted molar refractivity (Wildman–Crippen MR) is 105 cm³/mol. The van der Waals surface area contributed by atoms with Crippen LogP contribution in [0.5, 0.6) is 0 Å². The van der Waals surface area contributed by atoms with Gasteiger partial charge in [0, 0.05) is 12.5 Å². The zero-order valence-corrected chi connectivity index (χ0v) is 18.1.